The Morgan fingerprint density at radius 2 is 1.96 bits per heavy atom. The largest absolute Gasteiger partial charge is 0.543 e. The summed E-state index contributed by atoms with van der Waals surface area (Å²) >= 11 is 0. The van der Waals surface area contributed by atoms with E-state index < -0.39 is 8.32 Å². The van der Waals surface area contributed by atoms with Gasteiger partial charge in [0.15, 0.2) is 0 Å². The van der Waals surface area contributed by atoms with E-state index in [1.54, 1.807) is 0 Å². The summed E-state index contributed by atoms with van der Waals surface area (Å²) in [4.78, 5) is 11.6. The molecule has 0 spiro atoms. The molecule has 0 unspecified atom stereocenters. The van der Waals surface area contributed by atoms with Crippen LogP contribution in [-0.2, 0) is 16.1 Å². The minimum Gasteiger partial charge on any atom is -0.543 e. The predicted octanol–water partition coefficient (Wildman–Crippen LogP) is 4.11. The van der Waals surface area contributed by atoms with Gasteiger partial charge >= 0.3 is 5.97 Å². The number of hydrogen-bond acceptors (Lipinski definition) is 4. The van der Waals surface area contributed by atoms with Crippen LogP contribution >= 0.6 is 0 Å². The van der Waals surface area contributed by atoms with Crippen molar-refractivity contribution in [1.82, 2.24) is 5.32 Å². The van der Waals surface area contributed by atoms with Gasteiger partial charge in [0.1, 0.15) is 11.8 Å². The van der Waals surface area contributed by atoms with Crippen molar-refractivity contribution in [3.8, 4) is 5.75 Å². The molecule has 0 saturated heterocycles. The monoisotopic (exact) mass is 337 g/mol. The smallest absolute Gasteiger partial charge is 0.322 e. The quantitative estimate of drug-likeness (QED) is 0.601. The Morgan fingerprint density at radius 1 is 1.30 bits per heavy atom. The molecule has 1 rings (SSSR count). The summed E-state index contributed by atoms with van der Waals surface area (Å²) in [6.07, 6.45) is 0. The SMILES string of the molecule is CCOC(=O)[C@@H](C)NCc1cccc(O[Si](C)(C)C(C)(C)C)c1. The summed E-state index contributed by atoms with van der Waals surface area (Å²) in [5, 5.41) is 3.35. The lowest BCUT2D eigenvalue weighted by Gasteiger charge is -2.36. The van der Waals surface area contributed by atoms with E-state index >= 15 is 0 Å². The molecule has 1 N–H and O–H groups in total. The molecule has 1 aromatic rings. The molecule has 130 valence electrons. The third-order valence-electron chi connectivity index (χ3n) is 4.33. The zero-order valence-corrected chi connectivity index (χ0v) is 16.5. The number of benzene rings is 1. The maximum Gasteiger partial charge on any atom is 0.322 e. The molecular formula is C18H31NO3Si. The first-order chi connectivity index (χ1) is 10.6. The average molecular weight is 338 g/mol. The highest BCUT2D eigenvalue weighted by molar-refractivity contribution is 6.74. The molecular weight excluding hydrogens is 306 g/mol. The highest BCUT2D eigenvalue weighted by atomic mass is 28.4. The topological polar surface area (TPSA) is 47.6 Å². The van der Waals surface area contributed by atoms with Crippen LogP contribution < -0.4 is 9.74 Å². The second kappa shape index (κ2) is 7.97. The maximum absolute atomic E-state index is 11.6. The van der Waals surface area contributed by atoms with Gasteiger partial charge in [0, 0.05) is 6.54 Å². The van der Waals surface area contributed by atoms with Gasteiger partial charge in [0.05, 0.1) is 6.61 Å². The van der Waals surface area contributed by atoms with Gasteiger partial charge in [-0.15, -0.1) is 0 Å². The molecule has 0 fully saturated rings. The van der Waals surface area contributed by atoms with E-state index in [2.05, 4.69) is 39.2 Å². The van der Waals surface area contributed by atoms with Crippen molar-refractivity contribution in [2.75, 3.05) is 6.61 Å². The summed E-state index contributed by atoms with van der Waals surface area (Å²) in [6.45, 7) is 15.8. The predicted molar refractivity (Wildman–Crippen MR) is 97.2 cm³/mol. The van der Waals surface area contributed by atoms with Crippen molar-refractivity contribution in [3.05, 3.63) is 29.8 Å². The molecule has 23 heavy (non-hydrogen) atoms. The number of esters is 1. The fourth-order valence-corrected chi connectivity index (χ4v) is 2.81. The number of carbonyl (C=O) groups is 1. The zero-order chi connectivity index (χ0) is 17.7. The van der Waals surface area contributed by atoms with Crippen molar-refractivity contribution in [3.63, 3.8) is 0 Å². The summed E-state index contributed by atoms with van der Waals surface area (Å²) < 4.78 is 11.3. The van der Waals surface area contributed by atoms with E-state index in [1.165, 1.54) is 0 Å². The summed E-state index contributed by atoms with van der Waals surface area (Å²) in [7, 11) is -1.84. The number of hydrogen-bond donors (Lipinski definition) is 1. The molecule has 0 aliphatic rings. The van der Waals surface area contributed by atoms with Gasteiger partial charge in [-0.1, -0.05) is 32.9 Å². The number of nitrogens with one attached hydrogen (secondary N) is 1. The van der Waals surface area contributed by atoms with Crippen LogP contribution in [0, 0.1) is 0 Å². The number of carbonyl (C=O) groups excluding carboxylic acids is 1. The molecule has 0 aromatic heterocycles. The van der Waals surface area contributed by atoms with E-state index in [4.69, 9.17) is 9.16 Å². The first kappa shape index (κ1) is 19.7. The number of rotatable bonds is 7. The Balaban J connectivity index is 2.69. The Morgan fingerprint density at radius 3 is 2.52 bits per heavy atom. The van der Waals surface area contributed by atoms with Gasteiger partial charge in [-0.2, -0.15) is 0 Å². The number of ether oxygens (including phenoxy) is 1. The molecule has 4 nitrogen and oxygen atoms in total. The van der Waals surface area contributed by atoms with Crippen LogP contribution in [0.3, 0.4) is 0 Å². The lowest BCUT2D eigenvalue weighted by molar-refractivity contribution is -0.145. The van der Waals surface area contributed by atoms with E-state index in [-0.39, 0.29) is 17.0 Å². The summed E-state index contributed by atoms with van der Waals surface area (Å²) in [5.41, 5.74) is 1.09. The molecule has 0 bridgehead atoms. The molecule has 0 aliphatic carbocycles. The Kier molecular flexibility index (Phi) is 6.83. The van der Waals surface area contributed by atoms with Gasteiger partial charge < -0.3 is 14.5 Å². The lowest BCUT2D eigenvalue weighted by atomic mass is 10.2. The lowest BCUT2D eigenvalue weighted by Crippen LogP contribution is -2.43. The highest BCUT2D eigenvalue weighted by Gasteiger charge is 2.38. The van der Waals surface area contributed by atoms with Crippen LogP contribution in [0.5, 0.6) is 5.75 Å². The molecule has 0 aliphatic heterocycles. The normalized spacial score (nSPS) is 13.5. The van der Waals surface area contributed by atoms with Crippen LogP contribution in [-0.4, -0.2) is 26.9 Å². The standard InChI is InChI=1S/C18H31NO3Si/c1-8-21-17(20)14(2)19-13-15-10-9-11-16(12-15)22-23(6,7)18(3,4)5/h9-12,14,19H,8,13H2,1-7H3/t14-/m1/s1. The third kappa shape index (κ3) is 5.99. The van der Waals surface area contributed by atoms with Gasteiger partial charge in [-0.25, -0.2) is 0 Å². The van der Waals surface area contributed by atoms with Crippen molar-refractivity contribution in [2.45, 2.75) is 65.3 Å². The molecule has 0 saturated carbocycles. The molecule has 0 heterocycles. The Bertz CT molecular complexity index is 523. The van der Waals surface area contributed by atoms with Crippen LogP contribution in [0.15, 0.2) is 24.3 Å². The Hall–Kier alpha value is -1.33. The van der Waals surface area contributed by atoms with Gasteiger partial charge in [-0.3, -0.25) is 4.79 Å². The Labute approximate surface area is 141 Å². The van der Waals surface area contributed by atoms with Gasteiger partial charge in [0.2, 0.25) is 8.32 Å². The average Bonchev–Trinajstić information content (AvgIpc) is 2.43. The first-order valence-corrected chi connectivity index (χ1v) is 11.2. The van der Waals surface area contributed by atoms with Gasteiger partial charge in [0.25, 0.3) is 0 Å². The van der Waals surface area contributed by atoms with Crippen LogP contribution in [0.1, 0.15) is 40.2 Å². The van der Waals surface area contributed by atoms with Crippen molar-refractivity contribution < 1.29 is 14.0 Å². The second-order valence-electron chi connectivity index (χ2n) is 7.36. The second-order valence-corrected chi connectivity index (χ2v) is 12.1. The summed E-state index contributed by atoms with van der Waals surface area (Å²) in [6, 6.07) is 7.75. The van der Waals surface area contributed by atoms with Crippen LogP contribution in [0.2, 0.25) is 18.1 Å². The third-order valence-corrected chi connectivity index (χ3v) is 8.69. The van der Waals surface area contributed by atoms with Crippen LogP contribution in [0.4, 0.5) is 0 Å². The molecule has 0 amide bonds. The van der Waals surface area contributed by atoms with Crippen molar-refractivity contribution in [2.24, 2.45) is 0 Å². The fourth-order valence-electron chi connectivity index (χ4n) is 1.79. The van der Waals surface area contributed by atoms with Gasteiger partial charge in [-0.05, 0) is 49.7 Å². The van der Waals surface area contributed by atoms with E-state index in [1.807, 2.05) is 38.1 Å². The van der Waals surface area contributed by atoms with E-state index in [9.17, 15) is 4.79 Å². The van der Waals surface area contributed by atoms with E-state index in [0.29, 0.717) is 13.2 Å². The van der Waals surface area contributed by atoms with Crippen LogP contribution in [0.25, 0.3) is 0 Å². The molecule has 0 radical (unpaired) electrons. The van der Waals surface area contributed by atoms with Crippen molar-refractivity contribution in [1.29, 1.82) is 0 Å². The minimum absolute atomic E-state index is 0.166. The molecule has 5 heteroatoms. The highest BCUT2D eigenvalue weighted by Crippen LogP contribution is 2.37. The minimum atomic E-state index is -1.84. The zero-order valence-electron chi connectivity index (χ0n) is 15.5. The molecule has 1 atom stereocenters. The summed E-state index contributed by atoms with van der Waals surface area (Å²) in [5.74, 6) is 0.681. The fraction of sp³-hybridized carbons (Fsp3) is 0.611. The molecule has 1 aromatic carbocycles. The van der Waals surface area contributed by atoms with E-state index in [0.717, 1.165) is 11.3 Å². The first-order valence-electron chi connectivity index (χ1n) is 8.25. The van der Waals surface area contributed by atoms with Crippen molar-refractivity contribution >= 4 is 14.3 Å². The maximum atomic E-state index is 11.6.